The second-order valence-corrected chi connectivity index (χ2v) is 18.9. The largest absolute Gasteiger partial charge is 0.472 e. The van der Waals surface area contributed by atoms with E-state index in [1.165, 1.54) is 141 Å². The van der Waals surface area contributed by atoms with E-state index < -0.39 is 13.9 Å². The Balaban J connectivity index is 4.18. The molecule has 0 aliphatic carbocycles. The SMILES string of the molecule is CCCCC/C=C\C/C=C\CCCCCCCCCCCCOCC(COP(=O)(O)OCC[N+](C)(C)C)OC(=O)CCCCCCC/C=C\CCCCCCCCC. The summed E-state index contributed by atoms with van der Waals surface area (Å²) in [5.74, 6) is -0.322. The molecule has 0 saturated heterocycles. The van der Waals surface area contributed by atoms with E-state index >= 15 is 0 Å². The Bertz CT molecular complexity index is 1020. The number of esters is 1. The van der Waals surface area contributed by atoms with Gasteiger partial charge in [-0.15, -0.1) is 0 Å². The monoisotopic (exact) mass is 841 g/mol. The molecule has 0 aromatic rings. The highest BCUT2D eigenvalue weighted by atomic mass is 31.2. The highest BCUT2D eigenvalue weighted by Gasteiger charge is 2.26. The van der Waals surface area contributed by atoms with Crippen LogP contribution in [0.1, 0.15) is 213 Å². The molecule has 0 spiro atoms. The number of ether oxygens (including phenoxy) is 2. The van der Waals surface area contributed by atoms with Crippen molar-refractivity contribution in [2.75, 3.05) is 54.1 Å². The molecule has 0 bridgehead atoms. The molecule has 0 heterocycles. The molecule has 9 heteroatoms. The van der Waals surface area contributed by atoms with Gasteiger partial charge in [-0.3, -0.25) is 13.8 Å². The number of carbonyl (C=O) groups is 1. The molecule has 0 aliphatic rings. The Labute approximate surface area is 359 Å². The molecule has 0 fully saturated rings. The van der Waals surface area contributed by atoms with Gasteiger partial charge in [0, 0.05) is 13.0 Å². The Morgan fingerprint density at radius 2 is 0.948 bits per heavy atom. The fourth-order valence-corrected chi connectivity index (χ4v) is 7.38. The molecule has 0 amide bonds. The number of nitrogens with zero attached hydrogens (tertiary/aromatic N) is 1. The number of phosphoric ester groups is 1. The molecule has 0 aliphatic heterocycles. The fourth-order valence-electron chi connectivity index (χ4n) is 6.64. The smallest absolute Gasteiger partial charge is 0.457 e. The summed E-state index contributed by atoms with van der Waals surface area (Å²) in [6, 6.07) is 0. The maximum absolute atomic E-state index is 12.7. The highest BCUT2D eigenvalue weighted by molar-refractivity contribution is 7.47. The summed E-state index contributed by atoms with van der Waals surface area (Å²) in [5.41, 5.74) is 0. The third-order valence-corrected chi connectivity index (χ3v) is 11.4. The lowest BCUT2D eigenvalue weighted by molar-refractivity contribution is -0.870. The Morgan fingerprint density at radius 1 is 0.534 bits per heavy atom. The van der Waals surface area contributed by atoms with E-state index in [2.05, 4.69) is 50.3 Å². The van der Waals surface area contributed by atoms with Crippen LogP contribution in [0.2, 0.25) is 0 Å². The number of carbonyl (C=O) groups excluding carboxylic acids is 1. The van der Waals surface area contributed by atoms with Crippen LogP contribution in [0.5, 0.6) is 0 Å². The molecule has 0 aromatic carbocycles. The number of allylic oxidation sites excluding steroid dienone is 6. The van der Waals surface area contributed by atoms with Crippen LogP contribution in [0.25, 0.3) is 0 Å². The van der Waals surface area contributed by atoms with Gasteiger partial charge in [0.15, 0.2) is 0 Å². The quantitative estimate of drug-likeness (QED) is 0.0215. The van der Waals surface area contributed by atoms with Crippen molar-refractivity contribution in [3.63, 3.8) is 0 Å². The van der Waals surface area contributed by atoms with E-state index in [0.717, 1.165) is 51.4 Å². The molecule has 342 valence electrons. The van der Waals surface area contributed by atoms with Gasteiger partial charge in [0.2, 0.25) is 0 Å². The third-order valence-electron chi connectivity index (χ3n) is 10.4. The normalized spacial score (nSPS) is 14.0. The zero-order valence-electron chi connectivity index (χ0n) is 38.8. The fraction of sp³-hybridized carbons (Fsp3) is 0.857. The number of likely N-dealkylation sites (N-methyl/N-ethyl adjacent to an activating group) is 1. The zero-order chi connectivity index (χ0) is 42.7. The number of hydrogen-bond acceptors (Lipinski definition) is 6. The van der Waals surface area contributed by atoms with Crippen molar-refractivity contribution >= 4 is 13.8 Å². The van der Waals surface area contributed by atoms with Gasteiger partial charge in [0.05, 0.1) is 34.4 Å². The second kappa shape index (κ2) is 42.4. The van der Waals surface area contributed by atoms with E-state index in [9.17, 15) is 14.3 Å². The second-order valence-electron chi connectivity index (χ2n) is 17.5. The van der Waals surface area contributed by atoms with Crippen molar-refractivity contribution in [3.8, 4) is 0 Å². The van der Waals surface area contributed by atoms with E-state index in [0.29, 0.717) is 24.1 Å². The van der Waals surface area contributed by atoms with Crippen LogP contribution in [0.15, 0.2) is 36.5 Å². The van der Waals surface area contributed by atoms with E-state index in [4.69, 9.17) is 18.5 Å². The van der Waals surface area contributed by atoms with Crippen LogP contribution < -0.4 is 0 Å². The lowest BCUT2D eigenvalue weighted by Crippen LogP contribution is -2.37. The highest BCUT2D eigenvalue weighted by Crippen LogP contribution is 2.43. The molecule has 0 radical (unpaired) electrons. The minimum atomic E-state index is -4.28. The van der Waals surface area contributed by atoms with Crippen LogP contribution >= 0.6 is 7.82 Å². The summed E-state index contributed by atoms with van der Waals surface area (Å²) >= 11 is 0. The number of rotatable bonds is 45. The van der Waals surface area contributed by atoms with Crippen molar-refractivity contribution in [2.45, 2.75) is 219 Å². The molecule has 2 unspecified atom stereocenters. The van der Waals surface area contributed by atoms with E-state index in [1.54, 1.807) is 0 Å². The number of quaternary nitrogens is 1. The topological polar surface area (TPSA) is 91.3 Å². The molecule has 2 atom stereocenters. The van der Waals surface area contributed by atoms with Crippen molar-refractivity contribution < 1.29 is 37.3 Å². The van der Waals surface area contributed by atoms with Gasteiger partial charge in [-0.05, 0) is 70.6 Å². The van der Waals surface area contributed by atoms with Gasteiger partial charge in [-0.2, -0.15) is 0 Å². The molecular weight excluding hydrogens is 746 g/mol. The summed E-state index contributed by atoms with van der Waals surface area (Å²) in [5, 5.41) is 0. The summed E-state index contributed by atoms with van der Waals surface area (Å²) in [6.07, 6.45) is 50.3. The van der Waals surface area contributed by atoms with Crippen molar-refractivity contribution in [1.29, 1.82) is 0 Å². The first-order valence-electron chi connectivity index (χ1n) is 24.2. The summed E-state index contributed by atoms with van der Waals surface area (Å²) in [6.45, 7) is 5.60. The van der Waals surface area contributed by atoms with Crippen molar-refractivity contribution in [1.82, 2.24) is 0 Å². The molecule has 58 heavy (non-hydrogen) atoms. The molecule has 1 N–H and O–H groups in total. The van der Waals surface area contributed by atoms with Crippen LogP contribution in [-0.4, -0.2) is 75.6 Å². The van der Waals surface area contributed by atoms with Crippen LogP contribution in [0, 0.1) is 0 Å². The lowest BCUT2D eigenvalue weighted by Gasteiger charge is -2.24. The maximum atomic E-state index is 12.7. The first-order valence-corrected chi connectivity index (χ1v) is 25.7. The summed E-state index contributed by atoms with van der Waals surface area (Å²) < 4.78 is 35.1. The Hall–Kier alpha value is -1.28. The van der Waals surface area contributed by atoms with Gasteiger partial charge in [-0.25, -0.2) is 4.57 Å². The van der Waals surface area contributed by atoms with Gasteiger partial charge in [-0.1, -0.05) is 172 Å². The summed E-state index contributed by atoms with van der Waals surface area (Å²) in [7, 11) is 1.66. The third kappa shape index (κ3) is 45.8. The lowest BCUT2D eigenvalue weighted by atomic mass is 10.1. The van der Waals surface area contributed by atoms with Gasteiger partial charge in [0.1, 0.15) is 19.3 Å². The van der Waals surface area contributed by atoms with Crippen molar-refractivity contribution in [2.24, 2.45) is 0 Å². The zero-order valence-corrected chi connectivity index (χ0v) is 39.7. The number of phosphoric acid groups is 1. The first kappa shape index (κ1) is 56.7. The standard InChI is InChI=1S/C49H94NO7P/c1-6-8-10-12-14-16-18-20-22-24-25-26-27-29-31-33-35-37-39-41-44-54-46-48(47-56-58(52,53)55-45-43-50(3,4)5)57-49(51)42-40-38-36-34-32-30-28-23-21-19-17-15-13-11-9-7-2/h14,16,20,22-23,28,48H,6-13,15,17-19,21,24-27,29-47H2,1-5H3/p+1/b16-14-,22-20-,28-23-. The predicted molar refractivity (Wildman–Crippen MR) is 247 cm³/mol. The van der Waals surface area contributed by atoms with Gasteiger partial charge >= 0.3 is 13.8 Å². The molecule has 0 saturated carbocycles. The minimum absolute atomic E-state index is 0.0867. The van der Waals surface area contributed by atoms with E-state index in [1.807, 2.05) is 21.1 Å². The minimum Gasteiger partial charge on any atom is -0.457 e. The number of hydrogen-bond donors (Lipinski definition) is 1. The summed E-state index contributed by atoms with van der Waals surface area (Å²) in [4.78, 5) is 22.9. The first-order chi connectivity index (χ1) is 28.1. The Kier molecular flexibility index (Phi) is 41.5. The molecule has 0 rings (SSSR count). The van der Waals surface area contributed by atoms with Gasteiger partial charge in [0.25, 0.3) is 0 Å². The molecule has 0 aromatic heterocycles. The Morgan fingerprint density at radius 3 is 1.45 bits per heavy atom. The van der Waals surface area contributed by atoms with Crippen LogP contribution in [0.4, 0.5) is 0 Å². The average molecular weight is 841 g/mol. The average Bonchev–Trinajstić information content (AvgIpc) is 3.18. The maximum Gasteiger partial charge on any atom is 0.472 e. The van der Waals surface area contributed by atoms with E-state index in [-0.39, 0.29) is 25.8 Å². The molecular formula is C49H95NO7P+. The van der Waals surface area contributed by atoms with Gasteiger partial charge < -0.3 is 18.9 Å². The van der Waals surface area contributed by atoms with Crippen LogP contribution in [0.3, 0.4) is 0 Å². The van der Waals surface area contributed by atoms with Crippen molar-refractivity contribution in [3.05, 3.63) is 36.5 Å². The number of unbranched alkanes of at least 4 members (excludes halogenated alkanes) is 25. The molecule has 8 nitrogen and oxygen atoms in total. The van der Waals surface area contributed by atoms with Crippen LogP contribution in [-0.2, 0) is 27.9 Å². The predicted octanol–water partition coefficient (Wildman–Crippen LogP) is 14.6.